The molecule has 3 N–H and O–H groups in total. The minimum Gasteiger partial charge on any atom is -0.368 e. The van der Waals surface area contributed by atoms with Gasteiger partial charge in [-0.05, 0) is 6.07 Å². The van der Waals surface area contributed by atoms with Crippen LogP contribution in [0.3, 0.4) is 0 Å². The molecule has 2 aromatic rings. The maximum atomic E-state index is 5.72. The summed E-state index contributed by atoms with van der Waals surface area (Å²) in [4.78, 5) is 12.5. The van der Waals surface area contributed by atoms with Gasteiger partial charge in [0.05, 0.1) is 0 Å². The van der Waals surface area contributed by atoms with Crippen LogP contribution in [0.25, 0.3) is 5.95 Å². The average Bonchev–Trinajstić information content (AvgIpc) is 3.00. The molecule has 9 heteroatoms. The van der Waals surface area contributed by atoms with Crippen molar-refractivity contribution in [2.24, 2.45) is 0 Å². The molecule has 1 saturated heterocycles. The van der Waals surface area contributed by atoms with Crippen molar-refractivity contribution >= 4 is 35.4 Å². The monoisotopic (exact) mass is 309 g/mol. The standard InChI is InChI=1S/C11H15N7S2/c12-9-15-10(13-6-8-7-19-4-5-20-8)17-11(16-9)18-3-1-2-14-18/h1-3,8H,4-7H2,(H3,12,13,15,16,17). The van der Waals surface area contributed by atoms with Crippen LogP contribution in [-0.2, 0) is 0 Å². The van der Waals surface area contributed by atoms with Gasteiger partial charge in [-0.1, -0.05) is 0 Å². The zero-order chi connectivity index (χ0) is 13.8. The fourth-order valence-electron chi connectivity index (χ4n) is 1.81. The molecule has 0 aromatic carbocycles. The molecule has 0 aliphatic carbocycles. The molecule has 0 radical (unpaired) electrons. The van der Waals surface area contributed by atoms with Crippen molar-refractivity contribution < 1.29 is 0 Å². The number of rotatable bonds is 4. The summed E-state index contributed by atoms with van der Waals surface area (Å²) < 4.78 is 1.56. The number of nitrogens with two attached hydrogens (primary N) is 1. The lowest BCUT2D eigenvalue weighted by Gasteiger charge is -2.21. The number of nitrogen functional groups attached to an aromatic ring is 1. The number of hydrogen-bond acceptors (Lipinski definition) is 8. The molecule has 20 heavy (non-hydrogen) atoms. The summed E-state index contributed by atoms with van der Waals surface area (Å²) in [6, 6.07) is 1.81. The van der Waals surface area contributed by atoms with Crippen LogP contribution in [0.4, 0.5) is 11.9 Å². The highest BCUT2D eigenvalue weighted by Gasteiger charge is 2.15. The van der Waals surface area contributed by atoms with E-state index in [0.717, 1.165) is 12.3 Å². The first kappa shape index (κ1) is 13.5. The molecule has 3 heterocycles. The summed E-state index contributed by atoms with van der Waals surface area (Å²) in [5.41, 5.74) is 5.72. The minimum atomic E-state index is 0.193. The van der Waals surface area contributed by atoms with E-state index in [1.807, 2.05) is 29.6 Å². The van der Waals surface area contributed by atoms with Crippen LogP contribution in [0, 0.1) is 0 Å². The van der Waals surface area contributed by atoms with Gasteiger partial charge in [-0.25, -0.2) is 4.68 Å². The number of thioether (sulfide) groups is 2. The maximum Gasteiger partial charge on any atom is 0.257 e. The van der Waals surface area contributed by atoms with Gasteiger partial charge in [0, 0.05) is 41.4 Å². The third-order valence-corrected chi connectivity index (χ3v) is 5.57. The van der Waals surface area contributed by atoms with Gasteiger partial charge in [-0.2, -0.15) is 43.6 Å². The van der Waals surface area contributed by atoms with Gasteiger partial charge in [0.1, 0.15) is 0 Å². The highest BCUT2D eigenvalue weighted by Crippen LogP contribution is 2.23. The van der Waals surface area contributed by atoms with Crippen molar-refractivity contribution in [2.75, 3.05) is 34.9 Å². The summed E-state index contributed by atoms with van der Waals surface area (Å²) in [6.07, 6.45) is 3.44. The summed E-state index contributed by atoms with van der Waals surface area (Å²) in [5.74, 6) is 4.72. The van der Waals surface area contributed by atoms with Crippen molar-refractivity contribution in [1.29, 1.82) is 0 Å². The molecule has 1 aliphatic heterocycles. The van der Waals surface area contributed by atoms with Crippen LogP contribution in [0.5, 0.6) is 0 Å². The Bertz CT molecular complexity index is 554. The third kappa shape index (κ3) is 3.34. The Kier molecular flexibility index (Phi) is 4.26. The number of nitrogens with zero attached hydrogens (tertiary/aromatic N) is 5. The first-order chi connectivity index (χ1) is 9.81. The highest BCUT2D eigenvalue weighted by atomic mass is 32.2. The van der Waals surface area contributed by atoms with Crippen molar-refractivity contribution in [3.63, 3.8) is 0 Å². The van der Waals surface area contributed by atoms with Crippen LogP contribution in [0.1, 0.15) is 0 Å². The predicted octanol–water partition coefficient (Wildman–Crippen LogP) is 0.900. The van der Waals surface area contributed by atoms with E-state index in [-0.39, 0.29) is 5.95 Å². The van der Waals surface area contributed by atoms with E-state index in [9.17, 15) is 0 Å². The highest BCUT2D eigenvalue weighted by molar-refractivity contribution is 8.06. The number of aromatic nitrogens is 5. The molecular weight excluding hydrogens is 294 g/mol. The Morgan fingerprint density at radius 1 is 1.35 bits per heavy atom. The molecule has 2 aromatic heterocycles. The Hall–Kier alpha value is -1.48. The quantitative estimate of drug-likeness (QED) is 0.860. The molecule has 3 rings (SSSR count). The van der Waals surface area contributed by atoms with E-state index in [1.165, 1.54) is 11.5 Å². The van der Waals surface area contributed by atoms with Crippen molar-refractivity contribution in [2.45, 2.75) is 5.25 Å². The molecule has 106 valence electrons. The fourth-order valence-corrected chi connectivity index (χ4v) is 4.42. The molecule has 7 nitrogen and oxygen atoms in total. The second-order valence-corrected chi connectivity index (χ2v) is 6.77. The molecule has 1 aliphatic rings. The van der Waals surface area contributed by atoms with Crippen LogP contribution < -0.4 is 11.1 Å². The zero-order valence-electron chi connectivity index (χ0n) is 10.8. The molecule has 0 amide bonds. The van der Waals surface area contributed by atoms with E-state index < -0.39 is 0 Å². The van der Waals surface area contributed by atoms with Gasteiger partial charge in [-0.3, -0.25) is 0 Å². The van der Waals surface area contributed by atoms with Crippen LogP contribution in [-0.4, -0.2) is 53.8 Å². The molecule has 1 fully saturated rings. The lowest BCUT2D eigenvalue weighted by Crippen LogP contribution is -2.24. The SMILES string of the molecule is Nc1nc(NCC2CSCCS2)nc(-n2cccn2)n1. The van der Waals surface area contributed by atoms with Gasteiger partial charge in [0.2, 0.25) is 11.9 Å². The van der Waals surface area contributed by atoms with E-state index in [0.29, 0.717) is 17.1 Å². The van der Waals surface area contributed by atoms with E-state index in [1.54, 1.807) is 17.1 Å². The van der Waals surface area contributed by atoms with Crippen molar-refractivity contribution in [3.05, 3.63) is 18.5 Å². The Morgan fingerprint density at radius 2 is 2.30 bits per heavy atom. The Labute approximate surface area is 125 Å². The number of nitrogens with one attached hydrogen (secondary N) is 1. The van der Waals surface area contributed by atoms with Crippen LogP contribution in [0.15, 0.2) is 18.5 Å². The van der Waals surface area contributed by atoms with Gasteiger partial charge in [-0.15, -0.1) is 0 Å². The molecular formula is C11H15N7S2. The summed E-state index contributed by atoms with van der Waals surface area (Å²) >= 11 is 3.97. The normalized spacial score (nSPS) is 18.9. The molecule has 0 bridgehead atoms. The number of hydrogen-bond donors (Lipinski definition) is 2. The van der Waals surface area contributed by atoms with Crippen molar-refractivity contribution in [1.82, 2.24) is 24.7 Å². The lowest BCUT2D eigenvalue weighted by atomic mass is 10.5. The van der Waals surface area contributed by atoms with Gasteiger partial charge < -0.3 is 11.1 Å². The smallest absolute Gasteiger partial charge is 0.257 e. The van der Waals surface area contributed by atoms with Crippen molar-refractivity contribution in [3.8, 4) is 5.95 Å². The van der Waals surface area contributed by atoms with Crippen LogP contribution in [0.2, 0.25) is 0 Å². The molecule has 0 saturated carbocycles. The average molecular weight is 309 g/mol. The molecule has 1 unspecified atom stereocenters. The van der Waals surface area contributed by atoms with E-state index in [2.05, 4.69) is 25.4 Å². The summed E-state index contributed by atoms with van der Waals surface area (Å²) in [6.45, 7) is 0.833. The molecule has 1 atom stereocenters. The largest absolute Gasteiger partial charge is 0.368 e. The minimum absolute atomic E-state index is 0.193. The Balaban J connectivity index is 1.69. The zero-order valence-corrected chi connectivity index (χ0v) is 12.4. The summed E-state index contributed by atoms with van der Waals surface area (Å²) in [7, 11) is 0. The van der Waals surface area contributed by atoms with Crippen LogP contribution >= 0.6 is 23.5 Å². The van der Waals surface area contributed by atoms with E-state index in [4.69, 9.17) is 5.73 Å². The molecule has 0 spiro atoms. The number of anilines is 2. The first-order valence-corrected chi connectivity index (χ1v) is 8.46. The fraction of sp³-hybridized carbons (Fsp3) is 0.455. The van der Waals surface area contributed by atoms with Gasteiger partial charge in [0.25, 0.3) is 5.95 Å². The second kappa shape index (κ2) is 6.31. The second-order valence-electron chi connectivity index (χ2n) is 4.22. The predicted molar refractivity (Wildman–Crippen MR) is 83.4 cm³/mol. The summed E-state index contributed by atoms with van der Waals surface area (Å²) in [5, 5.41) is 7.92. The van der Waals surface area contributed by atoms with Gasteiger partial charge in [0.15, 0.2) is 0 Å². The van der Waals surface area contributed by atoms with E-state index >= 15 is 0 Å². The van der Waals surface area contributed by atoms with Gasteiger partial charge >= 0.3 is 0 Å². The topological polar surface area (TPSA) is 94.5 Å². The lowest BCUT2D eigenvalue weighted by molar-refractivity contribution is 0.798. The first-order valence-electron chi connectivity index (χ1n) is 6.26. The Morgan fingerprint density at radius 3 is 3.05 bits per heavy atom. The third-order valence-electron chi connectivity index (χ3n) is 2.72. The maximum absolute atomic E-state index is 5.72.